The number of rotatable bonds is 6. The van der Waals surface area contributed by atoms with Crippen LogP contribution < -0.4 is 9.47 Å². The Bertz CT molecular complexity index is 570. The molecule has 0 spiro atoms. The van der Waals surface area contributed by atoms with Crippen LogP contribution in [0.15, 0.2) is 23.3 Å². The number of azide groups is 1. The van der Waals surface area contributed by atoms with E-state index in [1.165, 1.54) is 0 Å². The summed E-state index contributed by atoms with van der Waals surface area (Å²) in [5.74, 6) is 1.33. The minimum absolute atomic E-state index is 0.284. The maximum atomic E-state index is 9.54. The van der Waals surface area contributed by atoms with Gasteiger partial charge in [-0.05, 0) is 42.9 Å². The highest BCUT2D eigenvalue weighted by atomic mass is 28.4. The lowest BCUT2D eigenvalue weighted by atomic mass is 10.0. The molecule has 1 aliphatic rings. The summed E-state index contributed by atoms with van der Waals surface area (Å²) >= 11 is 0. The number of hydrogen-bond donors (Lipinski definition) is 1. The zero-order chi connectivity index (χ0) is 16.2. The first kappa shape index (κ1) is 16.6. The third-order valence-electron chi connectivity index (χ3n) is 3.11. The molecule has 22 heavy (non-hydrogen) atoms. The van der Waals surface area contributed by atoms with Crippen molar-refractivity contribution in [2.24, 2.45) is 5.11 Å². The number of ether oxygens (including phenoxy) is 2. The van der Waals surface area contributed by atoms with Gasteiger partial charge in [0.15, 0.2) is 19.8 Å². The third-order valence-corrected chi connectivity index (χ3v) is 4.07. The molecule has 0 saturated carbocycles. The van der Waals surface area contributed by atoms with Crippen molar-refractivity contribution in [2.75, 3.05) is 19.8 Å². The van der Waals surface area contributed by atoms with E-state index in [0.29, 0.717) is 24.7 Å². The average molecular weight is 323 g/mol. The zero-order valence-electron chi connectivity index (χ0n) is 13.0. The van der Waals surface area contributed by atoms with Crippen LogP contribution in [-0.4, -0.2) is 39.3 Å². The Hall–Kier alpha value is -1.73. The maximum Gasteiger partial charge on any atom is 0.184 e. The quantitative estimate of drug-likeness (QED) is 0.376. The van der Waals surface area contributed by atoms with Crippen LogP contribution in [0.1, 0.15) is 11.7 Å². The summed E-state index contributed by atoms with van der Waals surface area (Å²) in [6, 6.07) is 4.82. The molecule has 1 N–H and O–H groups in total. The summed E-state index contributed by atoms with van der Waals surface area (Å²) in [7, 11) is -1.91. The fourth-order valence-corrected chi connectivity index (χ4v) is 3.30. The van der Waals surface area contributed by atoms with Gasteiger partial charge in [0.05, 0.1) is 18.8 Å². The molecule has 0 radical (unpaired) electrons. The summed E-state index contributed by atoms with van der Waals surface area (Å²) in [5, 5.41) is 13.2. The molecule has 8 heteroatoms. The number of aliphatic hydroxyl groups is 1. The molecule has 120 valence electrons. The molecule has 1 aromatic rings. The maximum absolute atomic E-state index is 9.54. The number of fused-ring (bicyclic) bond motifs is 1. The van der Waals surface area contributed by atoms with Gasteiger partial charge in [-0.3, -0.25) is 0 Å². The van der Waals surface area contributed by atoms with E-state index in [9.17, 15) is 5.11 Å². The van der Waals surface area contributed by atoms with Crippen LogP contribution >= 0.6 is 0 Å². The number of benzene rings is 1. The lowest BCUT2D eigenvalue weighted by Crippen LogP contribution is -2.34. The van der Waals surface area contributed by atoms with Crippen molar-refractivity contribution < 1.29 is 19.0 Å². The van der Waals surface area contributed by atoms with Crippen LogP contribution in [0.5, 0.6) is 11.5 Å². The van der Waals surface area contributed by atoms with E-state index in [2.05, 4.69) is 10.0 Å². The van der Waals surface area contributed by atoms with Crippen molar-refractivity contribution in [1.29, 1.82) is 0 Å². The van der Waals surface area contributed by atoms with Crippen molar-refractivity contribution in [2.45, 2.75) is 31.8 Å². The summed E-state index contributed by atoms with van der Waals surface area (Å²) in [5.41, 5.74) is 9.52. The Morgan fingerprint density at radius 2 is 2.00 bits per heavy atom. The minimum Gasteiger partial charge on any atom is -0.486 e. The van der Waals surface area contributed by atoms with Crippen molar-refractivity contribution >= 4 is 8.32 Å². The largest absolute Gasteiger partial charge is 0.486 e. The molecule has 1 heterocycles. The van der Waals surface area contributed by atoms with Crippen LogP contribution in [0.4, 0.5) is 0 Å². The fourth-order valence-electron chi connectivity index (χ4n) is 2.25. The van der Waals surface area contributed by atoms with E-state index in [-0.39, 0.29) is 6.61 Å². The lowest BCUT2D eigenvalue weighted by Gasteiger charge is -2.31. The second-order valence-electron chi connectivity index (χ2n) is 6.01. The first-order valence-corrected chi connectivity index (χ1v) is 10.6. The first-order valence-electron chi connectivity index (χ1n) is 7.17. The second kappa shape index (κ2) is 7.02. The van der Waals surface area contributed by atoms with Gasteiger partial charge in [0, 0.05) is 4.91 Å². The Morgan fingerprint density at radius 3 is 2.59 bits per heavy atom. The molecule has 0 amide bonds. The lowest BCUT2D eigenvalue weighted by molar-refractivity contribution is 0.123. The Balaban J connectivity index is 2.37. The summed E-state index contributed by atoms with van der Waals surface area (Å²) in [4.78, 5) is 2.82. The van der Waals surface area contributed by atoms with Gasteiger partial charge < -0.3 is 19.0 Å². The highest BCUT2D eigenvalue weighted by molar-refractivity contribution is 6.69. The minimum atomic E-state index is -1.91. The molecule has 0 fully saturated rings. The molecule has 0 aliphatic carbocycles. The van der Waals surface area contributed by atoms with Crippen molar-refractivity contribution in [3.8, 4) is 11.5 Å². The Labute approximate surface area is 130 Å². The summed E-state index contributed by atoms with van der Waals surface area (Å²) in [6.45, 7) is 6.87. The van der Waals surface area contributed by atoms with Crippen LogP contribution in [0.3, 0.4) is 0 Å². The van der Waals surface area contributed by atoms with Gasteiger partial charge in [-0.2, -0.15) is 0 Å². The van der Waals surface area contributed by atoms with Crippen molar-refractivity contribution in [3.05, 3.63) is 34.2 Å². The third kappa shape index (κ3) is 4.14. The zero-order valence-corrected chi connectivity index (χ0v) is 14.0. The molecule has 0 aromatic heterocycles. The highest BCUT2D eigenvalue weighted by Crippen LogP contribution is 2.36. The van der Waals surface area contributed by atoms with Gasteiger partial charge >= 0.3 is 0 Å². The van der Waals surface area contributed by atoms with Gasteiger partial charge in [0.2, 0.25) is 0 Å². The predicted octanol–water partition coefficient (Wildman–Crippen LogP) is 3.02. The van der Waals surface area contributed by atoms with Crippen LogP contribution in [0.2, 0.25) is 19.6 Å². The molecule has 1 aromatic carbocycles. The van der Waals surface area contributed by atoms with Gasteiger partial charge in [-0.1, -0.05) is 11.2 Å². The van der Waals surface area contributed by atoms with Crippen LogP contribution in [0.25, 0.3) is 10.4 Å². The number of aliphatic hydroxyl groups excluding tert-OH is 1. The van der Waals surface area contributed by atoms with E-state index >= 15 is 0 Å². The molecular weight excluding hydrogens is 302 g/mol. The SMILES string of the molecule is C[Si](C)(C)OC(c1ccc2c(c1)OCCO2)C(CO)N=[N+]=[N-]. The topological polar surface area (TPSA) is 96.7 Å². The van der Waals surface area contributed by atoms with E-state index in [1.54, 1.807) is 0 Å². The Kier molecular flexibility index (Phi) is 5.31. The fraction of sp³-hybridized carbons (Fsp3) is 0.571. The molecule has 2 atom stereocenters. The van der Waals surface area contributed by atoms with Gasteiger partial charge in [-0.25, -0.2) is 0 Å². The number of hydrogen-bond acceptors (Lipinski definition) is 5. The molecule has 1 aliphatic heterocycles. The Morgan fingerprint density at radius 1 is 1.32 bits per heavy atom. The summed E-state index contributed by atoms with van der Waals surface area (Å²) < 4.78 is 17.2. The van der Waals surface area contributed by atoms with Gasteiger partial charge in [0.25, 0.3) is 0 Å². The van der Waals surface area contributed by atoms with E-state index in [4.69, 9.17) is 19.4 Å². The van der Waals surface area contributed by atoms with Gasteiger partial charge in [0.1, 0.15) is 13.2 Å². The van der Waals surface area contributed by atoms with E-state index in [1.807, 2.05) is 37.8 Å². The predicted molar refractivity (Wildman–Crippen MR) is 84.6 cm³/mol. The molecule has 0 bridgehead atoms. The van der Waals surface area contributed by atoms with Crippen molar-refractivity contribution in [3.63, 3.8) is 0 Å². The first-order chi connectivity index (χ1) is 10.4. The smallest absolute Gasteiger partial charge is 0.184 e. The molecule has 2 rings (SSSR count). The monoisotopic (exact) mass is 323 g/mol. The molecule has 2 unspecified atom stereocenters. The average Bonchev–Trinajstić information content (AvgIpc) is 2.49. The van der Waals surface area contributed by atoms with Crippen LogP contribution in [-0.2, 0) is 4.43 Å². The highest BCUT2D eigenvalue weighted by Gasteiger charge is 2.29. The van der Waals surface area contributed by atoms with Crippen LogP contribution in [0, 0.1) is 0 Å². The van der Waals surface area contributed by atoms with E-state index < -0.39 is 20.5 Å². The van der Waals surface area contributed by atoms with Gasteiger partial charge in [-0.15, -0.1) is 0 Å². The van der Waals surface area contributed by atoms with E-state index in [0.717, 1.165) is 5.56 Å². The second-order valence-corrected chi connectivity index (χ2v) is 10.5. The summed E-state index contributed by atoms with van der Waals surface area (Å²) in [6.07, 6.45) is -0.511. The normalized spacial score (nSPS) is 16.5. The van der Waals surface area contributed by atoms with Crippen molar-refractivity contribution in [1.82, 2.24) is 0 Å². The molecule has 7 nitrogen and oxygen atoms in total. The number of nitrogens with zero attached hydrogens (tertiary/aromatic N) is 3. The molecule has 0 saturated heterocycles. The molecular formula is C14H21N3O4Si. The standard InChI is InChI=1S/C14H21N3O4Si/c1-22(2,3)21-14(11(9-18)16-17-15)10-4-5-12-13(8-10)20-7-6-19-12/h4-5,8,11,14,18H,6-7,9H2,1-3H3.